The second-order valence-corrected chi connectivity index (χ2v) is 3.46. The lowest BCUT2D eigenvalue weighted by Gasteiger charge is -2.03. The van der Waals surface area contributed by atoms with Gasteiger partial charge in [0.1, 0.15) is 5.75 Å². The van der Waals surface area contributed by atoms with Gasteiger partial charge >= 0.3 is 0 Å². The third kappa shape index (κ3) is 2.76. The summed E-state index contributed by atoms with van der Waals surface area (Å²) in [7, 11) is 1.63. The highest BCUT2D eigenvalue weighted by Crippen LogP contribution is 2.19. The van der Waals surface area contributed by atoms with Crippen molar-refractivity contribution in [1.29, 1.82) is 0 Å². The summed E-state index contributed by atoms with van der Waals surface area (Å²) in [5.74, 6) is 1.34. The highest BCUT2D eigenvalue weighted by Gasteiger charge is 2.03. The first-order valence-electron chi connectivity index (χ1n) is 5.27. The van der Waals surface area contributed by atoms with Gasteiger partial charge in [-0.1, -0.05) is 0 Å². The summed E-state index contributed by atoms with van der Waals surface area (Å²) >= 11 is 0. The smallest absolute Gasteiger partial charge is 0.153 e. The highest BCUT2D eigenvalue weighted by atomic mass is 16.5. The fraction of sp³-hybridized carbons (Fsp3) is 0.250. The summed E-state index contributed by atoms with van der Waals surface area (Å²) in [6, 6.07) is 7.55. The van der Waals surface area contributed by atoms with E-state index in [0.29, 0.717) is 12.2 Å². The highest BCUT2D eigenvalue weighted by molar-refractivity contribution is 5.58. The molecular formula is C12H13N3O2. The van der Waals surface area contributed by atoms with Gasteiger partial charge in [0.15, 0.2) is 5.82 Å². The van der Waals surface area contributed by atoms with Crippen LogP contribution in [0.3, 0.4) is 0 Å². The van der Waals surface area contributed by atoms with Crippen molar-refractivity contribution in [2.45, 2.75) is 6.42 Å². The number of methoxy groups -OCH3 is 1. The molecule has 0 fully saturated rings. The van der Waals surface area contributed by atoms with E-state index in [-0.39, 0.29) is 6.61 Å². The second-order valence-electron chi connectivity index (χ2n) is 3.46. The van der Waals surface area contributed by atoms with Gasteiger partial charge in [-0.15, -0.1) is 5.10 Å². The molecule has 2 rings (SSSR count). The van der Waals surface area contributed by atoms with E-state index >= 15 is 0 Å². The number of benzene rings is 1. The van der Waals surface area contributed by atoms with Gasteiger partial charge in [0.25, 0.3) is 0 Å². The van der Waals surface area contributed by atoms with Crippen LogP contribution in [0.1, 0.15) is 5.82 Å². The normalized spacial score (nSPS) is 10.2. The minimum absolute atomic E-state index is 0.0216. The molecule has 0 aliphatic rings. The molecule has 1 aromatic carbocycles. The maximum Gasteiger partial charge on any atom is 0.153 e. The summed E-state index contributed by atoms with van der Waals surface area (Å²) in [4.78, 5) is 4.31. The van der Waals surface area contributed by atoms with Gasteiger partial charge in [-0.3, -0.25) is 0 Å². The first-order chi connectivity index (χ1) is 8.33. The fourth-order valence-electron chi connectivity index (χ4n) is 1.45. The first-order valence-corrected chi connectivity index (χ1v) is 5.27. The van der Waals surface area contributed by atoms with Crippen molar-refractivity contribution < 1.29 is 9.84 Å². The lowest BCUT2D eigenvalue weighted by Crippen LogP contribution is -2.01. The lowest BCUT2D eigenvalue weighted by atomic mass is 10.1. The topological polar surface area (TPSA) is 68.1 Å². The van der Waals surface area contributed by atoms with Crippen molar-refractivity contribution in [3.05, 3.63) is 36.3 Å². The van der Waals surface area contributed by atoms with Crippen molar-refractivity contribution >= 4 is 0 Å². The average Bonchev–Trinajstić information content (AvgIpc) is 2.40. The number of aliphatic hydroxyl groups excluding tert-OH is 1. The van der Waals surface area contributed by atoms with E-state index in [2.05, 4.69) is 15.2 Å². The van der Waals surface area contributed by atoms with Crippen LogP contribution in [0.15, 0.2) is 30.5 Å². The summed E-state index contributed by atoms with van der Waals surface area (Å²) in [5, 5.41) is 16.5. The minimum Gasteiger partial charge on any atom is -0.497 e. The molecule has 0 amide bonds. The van der Waals surface area contributed by atoms with Crippen molar-refractivity contribution in [2.75, 3.05) is 13.7 Å². The maximum absolute atomic E-state index is 8.83. The molecule has 1 heterocycles. The molecule has 5 heteroatoms. The van der Waals surface area contributed by atoms with Gasteiger partial charge < -0.3 is 9.84 Å². The van der Waals surface area contributed by atoms with Crippen molar-refractivity contribution in [1.82, 2.24) is 15.2 Å². The Morgan fingerprint density at radius 3 is 2.65 bits per heavy atom. The van der Waals surface area contributed by atoms with Gasteiger partial charge in [0, 0.05) is 12.0 Å². The zero-order valence-corrected chi connectivity index (χ0v) is 9.50. The first kappa shape index (κ1) is 11.5. The summed E-state index contributed by atoms with van der Waals surface area (Å²) < 4.78 is 5.09. The number of hydrogen-bond acceptors (Lipinski definition) is 5. The van der Waals surface area contributed by atoms with Crippen molar-refractivity contribution in [2.24, 2.45) is 0 Å². The van der Waals surface area contributed by atoms with Crippen LogP contribution < -0.4 is 4.74 Å². The van der Waals surface area contributed by atoms with Crippen molar-refractivity contribution in [3.8, 4) is 17.0 Å². The predicted octanol–water partition coefficient (Wildman–Crippen LogP) is 1.08. The fourth-order valence-corrected chi connectivity index (χ4v) is 1.45. The molecule has 0 spiro atoms. The average molecular weight is 231 g/mol. The van der Waals surface area contributed by atoms with Crippen LogP contribution in [0.5, 0.6) is 5.75 Å². The summed E-state index contributed by atoms with van der Waals surface area (Å²) in [6.07, 6.45) is 2.01. The zero-order chi connectivity index (χ0) is 12.1. The molecule has 0 aliphatic carbocycles. The molecule has 2 aromatic rings. The van der Waals surface area contributed by atoms with Crippen LogP contribution >= 0.6 is 0 Å². The standard InChI is InChI=1S/C12H13N3O2/c1-17-10-4-2-9(3-5-10)11-8-13-15-12(14-11)6-7-16/h2-5,8,16H,6-7H2,1H3. The molecule has 0 atom stereocenters. The largest absolute Gasteiger partial charge is 0.497 e. The number of rotatable bonds is 4. The molecule has 0 unspecified atom stereocenters. The van der Waals surface area contributed by atoms with E-state index in [1.807, 2.05) is 24.3 Å². The van der Waals surface area contributed by atoms with Crippen LogP contribution in [-0.2, 0) is 6.42 Å². The third-order valence-corrected chi connectivity index (χ3v) is 2.32. The Bertz CT molecular complexity index is 485. The van der Waals surface area contributed by atoms with Crippen LogP contribution in [-0.4, -0.2) is 34.0 Å². The third-order valence-electron chi connectivity index (χ3n) is 2.32. The van der Waals surface area contributed by atoms with Gasteiger partial charge in [-0.25, -0.2) is 4.98 Å². The second kappa shape index (κ2) is 5.36. The van der Waals surface area contributed by atoms with Gasteiger partial charge in [0.05, 0.1) is 25.6 Å². The quantitative estimate of drug-likeness (QED) is 0.852. The Morgan fingerprint density at radius 1 is 1.24 bits per heavy atom. The number of ether oxygens (including phenoxy) is 1. The Hall–Kier alpha value is -2.01. The molecule has 88 valence electrons. The van der Waals surface area contributed by atoms with E-state index in [1.165, 1.54) is 0 Å². The van der Waals surface area contributed by atoms with E-state index in [0.717, 1.165) is 17.0 Å². The molecule has 0 aliphatic heterocycles. The van der Waals surface area contributed by atoms with Crippen LogP contribution in [0.2, 0.25) is 0 Å². The minimum atomic E-state index is 0.0216. The molecule has 1 N–H and O–H groups in total. The number of nitrogens with zero attached hydrogens (tertiary/aromatic N) is 3. The van der Waals surface area contributed by atoms with E-state index in [4.69, 9.17) is 9.84 Å². The Labute approximate surface area is 99.1 Å². The number of hydrogen-bond donors (Lipinski definition) is 1. The maximum atomic E-state index is 8.83. The Kier molecular flexibility index (Phi) is 3.62. The zero-order valence-electron chi connectivity index (χ0n) is 9.50. The SMILES string of the molecule is COc1ccc(-c2cnnc(CCO)n2)cc1. The Balaban J connectivity index is 2.28. The van der Waals surface area contributed by atoms with Crippen molar-refractivity contribution in [3.63, 3.8) is 0 Å². The molecular weight excluding hydrogens is 218 g/mol. The van der Waals surface area contributed by atoms with E-state index < -0.39 is 0 Å². The van der Waals surface area contributed by atoms with Crippen LogP contribution in [0, 0.1) is 0 Å². The molecule has 0 saturated carbocycles. The molecule has 17 heavy (non-hydrogen) atoms. The Morgan fingerprint density at radius 2 is 2.00 bits per heavy atom. The number of aliphatic hydroxyl groups is 1. The summed E-state index contributed by atoms with van der Waals surface area (Å²) in [6.45, 7) is 0.0216. The van der Waals surface area contributed by atoms with Crippen LogP contribution in [0.25, 0.3) is 11.3 Å². The van der Waals surface area contributed by atoms with E-state index in [1.54, 1.807) is 13.3 Å². The van der Waals surface area contributed by atoms with E-state index in [9.17, 15) is 0 Å². The molecule has 0 bridgehead atoms. The van der Waals surface area contributed by atoms with Gasteiger partial charge in [-0.2, -0.15) is 5.10 Å². The molecule has 0 saturated heterocycles. The monoisotopic (exact) mass is 231 g/mol. The number of aromatic nitrogens is 3. The van der Waals surface area contributed by atoms with Crippen LogP contribution in [0.4, 0.5) is 0 Å². The molecule has 1 aromatic heterocycles. The predicted molar refractivity (Wildman–Crippen MR) is 62.6 cm³/mol. The summed E-state index contributed by atoms with van der Waals surface area (Å²) in [5.41, 5.74) is 1.69. The lowest BCUT2D eigenvalue weighted by molar-refractivity contribution is 0.296. The van der Waals surface area contributed by atoms with Gasteiger partial charge in [-0.05, 0) is 24.3 Å². The van der Waals surface area contributed by atoms with Gasteiger partial charge in [0.2, 0.25) is 0 Å². The molecule has 5 nitrogen and oxygen atoms in total. The molecule has 0 radical (unpaired) electrons.